The zero-order chi connectivity index (χ0) is 15.6. The summed E-state index contributed by atoms with van der Waals surface area (Å²) in [4.78, 5) is 0. The van der Waals surface area contributed by atoms with Gasteiger partial charge in [0.2, 0.25) is 0 Å². The molecule has 0 bridgehead atoms. The smallest absolute Gasteiger partial charge is 0.0884 e. The molecule has 23 heavy (non-hydrogen) atoms. The second kappa shape index (κ2) is 5.77. The lowest BCUT2D eigenvalue weighted by atomic mass is 9.91. The van der Waals surface area contributed by atoms with Crippen LogP contribution >= 0.6 is 0 Å². The van der Waals surface area contributed by atoms with E-state index >= 15 is 0 Å². The summed E-state index contributed by atoms with van der Waals surface area (Å²) in [5.41, 5.74) is 6.38. The van der Waals surface area contributed by atoms with Gasteiger partial charge in [-0.2, -0.15) is 0 Å². The molecule has 0 heterocycles. The molecule has 0 nitrogen and oxygen atoms in total. The molecule has 0 spiro atoms. The third-order valence-corrected chi connectivity index (χ3v) is 4.31. The third kappa shape index (κ3) is 2.66. The lowest BCUT2D eigenvalue weighted by Crippen LogP contribution is -2.00. The van der Waals surface area contributed by atoms with Crippen LogP contribution in [-0.4, -0.2) is 7.85 Å². The quantitative estimate of drug-likeness (QED) is 0.479. The standard InChI is InChI=1S/C22H17B/c23-20-11-4-9-18(15-20)17-8-3-10-19(14-17)22-13-5-7-16-6-1-2-12-21(16)22/h1-15H,23H2. The van der Waals surface area contributed by atoms with Gasteiger partial charge in [-0.3, -0.25) is 0 Å². The minimum Gasteiger partial charge on any atom is -0.0884 e. The largest absolute Gasteiger partial charge is 0.139 e. The number of benzene rings is 4. The Balaban J connectivity index is 1.88. The first-order valence-electron chi connectivity index (χ1n) is 7.96. The average Bonchev–Trinajstić information content (AvgIpc) is 2.61. The fourth-order valence-electron chi connectivity index (χ4n) is 3.17. The predicted molar refractivity (Wildman–Crippen MR) is 103 cm³/mol. The highest BCUT2D eigenvalue weighted by Gasteiger charge is 2.05. The minimum absolute atomic E-state index is 1.26. The van der Waals surface area contributed by atoms with Crippen LogP contribution in [0.4, 0.5) is 0 Å². The SMILES string of the molecule is Bc1cccc(-c2cccc(-c3cccc4ccccc34)c2)c1. The van der Waals surface area contributed by atoms with Crippen LogP contribution in [0.25, 0.3) is 33.0 Å². The maximum atomic E-state index is 2.29. The van der Waals surface area contributed by atoms with Crippen LogP contribution in [0.3, 0.4) is 0 Å². The second-order valence-corrected chi connectivity index (χ2v) is 5.98. The molecule has 0 saturated carbocycles. The highest BCUT2D eigenvalue weighted by molar-refractivity contribution is 6.32. The van der Waals surface area contributed by atoms with Crippen LogP contribution in [0, 0.1) is 0 Å². The first-order chi connectivity index (χ1) is 11.3. The van der Waals surface area contributed by atoms with E-state index in [-0.39, 0.29) is 0 Å². The van der Waals surface area contributed by atoms with E-state index in [1.165, 1.54) is 38.5 Å². The topological polar surface area (TPSA) is 0 Å². The summed E-state index contributed by atoms with van der Waals surface area (Å²) in [7, 11) is 2.14. The van der Waals surface area contributed by atoms with E-state index in [1.54, 1.807) is 0 Å². The van der Waals surface area contributed by atoms with Gasteiger partial charge < -0.3 is 0 Å². The molecule has 0 aliphatic carbocycles. The Hall–Kier alpha value is -2.80. The van der Waals surface area contributed by atoms with Crippen molar-refractivity contribution in [2.75, 3.05) is 0 Å². The van der Waals surface area contributed by atoms with E-state index in [0.717, 1.165) is 0 Å². The third-order valence-electron chi connectivity index (χ3n) is 4.31. The maximum absolute atomic E-state index is 2.29. The Morgan fingerprint density at radius 3 is 2.04 bits per heavy atom. The molecule has 0 fully saturated rings. The molecular weight excluding hydrogens is 275 g/mol. The van der Waals surface area contributed by atoms with Gasteiger partial charge in [-0.25, -0.2) is 0 Å². The molecule has 0 saturated heterocycles. The predicted octanol–water partition coefficient (Wildman–Crippen LogP) is 4.43. The van der Waals surface area contributed by atoms with Crippen molar-refractivity contribution in [3.8, 4) is 22.3 Å². The van der Waals surface area contributed by atoms with Crippen molar-refractivity contribution < 1.29 is 0 Å². The van der Waals surface area contributed by atoms with Gasteiger partial charge in [0.25, 0.3) is 0 Å². The monoisotopic (exact) mass is 292 g/mol. The van der Waals surface area contributed by atoms with Crippen molar-refractivity contribution in [3.05, 3.63) is 91.0 Å². The lowest BCUT2D eigenvalue weighted by Gasteiger charge is -2.09. The van der Waals surface area contributed by atoms with E-state index in [1.807, 2.05) is 0 Å². The number of rotatable bonds is 2. The van der Waals surface area contributed by atoms with Crippen LogP contribution in [0.2, 0.25) is 0 Å². The molecule has 4 aromatic rings. The summed E-state index contributed by atoms with van der Waals surface area (Å²) in [6.45, 7) is 0. The average molecular weight is 292 g/mol. The molecule has 4 aromatic carbocycles. The molecule has 0 N–H and O–H groups in total. The summed E-state index contributed by atoms with van der Waals surface area (Å²) in [6, 6.07) is 32.6. The molecule has 0 aliphatic rings. The second-order valence-electron chi connectivity index (χ2n) is 5.98. The Morgan fingerprint density at radius 2 is 1.17 bits per heavy atom. The van der Waals surface area contributed by atoms with E-state index < -0.39 is 0 Å². The molecule has 0 atom stereocenters. The van der Waals surface area contributed by atoms with Gasteiger partial charge in [-0.15, -0.1) is 0 Å². The van der Waals surface area contributed by atoms with Crippen LogP contribution in [0.5, 0.6) is 0 Å². The van der Waals surface area contributed by atoms with Gasteiger partial charge in [0.15, 0.2) is 0 Å². The summed E-state index contributed by atoms with van der Waals surface area (Å²) in [5.74, 6) is 0. The molecule has 0 aromatic heterocycles. The van der Waals surface area contributed by atoms with Crippen LogP contribution < -0.4 is 5.46 Å². The molecule has 108 valence electrons. The molecule has 1 heteroatoms. The molecular formula is C22H17B. The van der Waals surface area contributed by atoms with Crippen molar-refractivity contribution in [3.63, 3.8) is 0 Å². The van der Waals surface area contributed by atoms with Crippen molar-refractivity contribution >= 4 is 24.1 Å². The van der Waals surface area contributed by atoms with Crippen molar-refractivity contribution in [2.45, 2.75) is 0 Å². The number of hydrogen-bond acceptors (Lipinski definition) is 0. The van der Waals surface area contributed by atoms with Crippen LogP contribution in [0.1, 0.15) is 0 Å². The Labute approximate surface area is 137 Å². The van der Waals surface area contributed by atoms with E-state index in [0.29, 0.717) is 0 Å². The first-order valence-corrected chi connectivity index (χ1v) is 7.96. The Morgan fingerprint density at radius 1 is 0.522 bits per heavy atom. The maximum Gasteiger partial charge on any atom is 0.139 e. The fourth-order valence-corrected chi connectivity index (χ4v) is 3.17. The molecule has 4 rings (SSSR count). The van der Waals surface area contributed by atoms with Gasteiger partial charge in [-0.05, 0) is 39.1 Å². The Bertz CT molecular complexity index is 980. The van der Waals surface area contributed by atoms with Gasteiger partial charge in [0, 0.05) is 0 Å². The van der Waals surface area contributed by atoms with E-state index in [2.05, 4.69) is 98.8 Å². The number of hydrogen-bond donors (Lipinski definition) is 0. The van der Waals surface area contributed by atoms with Gasteiger partial charge in [0.1, 0.15) is 7.85 Å². The summed E-state index contributed by atoms with van der Waals surface area (Å²) >= 11 is 0. The zero-order valence-electron chi connectivity index (χ0n) is 13.2. The van der Waals surface area contributed by atoms with Crippen LogP contribution in [0.15, 0.2) is 91.0 Å². The van der Waals surface area contributed by atoms with Gasteiger partial charge >= 0.3 is 0 Å². The molecule has 0 unspecified atom stereocenters. The van der Waals surface area contributed by atoms with E-state index in [4.69, 9.17) is 0 Å². The number of fused-ring (bicyclic) bond motifs is 1. The highest BCUT2D eigenvalue weighted by Crippen LogP contribution is 2.31. The minimum atomic E-state index is 1.26. The van der Waals surface area contributed by atoms with Gasteiger partial charge in [-0.1, -0.05) is 90.4 Å². The summed E-state index contributed by atoms with van der Waals surface area (Å²) in [6.07, 6.45) is 0. The lowest BCUT2D eigenvalue weighted by molar-refractivity contribution is 1.61. The zero-order valence-corrected chi connectivity index (χ0v) is 13.2. The van der Waals surface area contributed by atoms with Crippen molar-refractivity contribution in [1.82, 2.24) is 0 Å². The first kappa shape index (κ1) is 13.8. The van der Waals surface area contributed by atoms with Crippen LogP contribution in [-0.2, 0) is 0 Å². The molecule has 0 amide bonds. The fraction of sp³-hybridized carbons (Fsp3) is 0. The summed E-state index contributed by atoms with van der Waals surface area (Å²) < 4.78 is 0. The van der Waals surface area contributed by atoms with Crippen molar-refractivity contribution in [2.24, 2.45) is 0 Å². The summed E-state index contributed by atoms with van der Waals surface area (Å²) in [5, 5.41) is 2.59. The normalized spacial score (nSPS) is 10.8. The van der Waals surface area contributed by atoms with E-state index in [9.17, 15) is 0 Å². The van der Waals surface area contributed by atoms with Crippen molar-refractivity contribution in [1.29, 1.82) is 0 Å². The highest BCUT2D eigenvalue weighted by atomic mass is 14.1. The molecule has 0 radical (unpaired) electrons. The van der Waals surface area contributed by atoms with Gasteiger partial charge in [0.05, 0.1) is 0 Å². The Kier molecular flexibility index (Phi) is 3.47. The molecule has 0 aliphatic heterocycles.